The van der Waals surface area contributed by atoms with Gasteiger partial charge in [-0.1, -0.05) is 6.07 Å². The van der Waals surface area contributed by atoms with E-state index in [2.05, 4.69) is 14.1 Å². The van der Waals surface area contributed by atoms with E-state index in [4.69, 9.17) is 5.11 Å². The molecule has 0 unspecified atom stereocenters. The van der Waals surface area contributed by atoms with Crippen LogP contribution in [0.4, 0.5) is 0 Å². The zero-order valence-corrected chi connectivity index (χ0v) is 15.4. The molecule has 140 valence electrons. The minimum atomic E-state index is -3.80. The molecule has 2 N–H and O–H groups in total. The van der Waals surface area contributed by atoms with Crippen LogP contribution in [-0.2, 0) is 19.6 Å². The van der Waals surface area contributed by atoms with Gasteiger partial charge in [0.25, 0.3) is 0 Å². The SMILES string of the molecule is O=C(O)CCNC(=O)[C@H]1CCCN(S(=O)(=O)c2cccc3nsnc23)C1. The summed E-state index contributed by atoms with van der Waals surface area (Å²) in [4.78, 5) is 22.8. The van der Waals surface area contributed by atoms with Gasteiger partial charge in [-0.15, -0.1) is 0 Å². The molecular weight excluding hydrogens is 380 g/mol. The Morgan fingerprint density at radius 2 is 2.15 bits per heavy atom. The number of piperidine rings is 1. The van der Waals surface area contributed by atoms with E-state index in [0.29, 0.717) is 30.4 Å². The summed E-state index contributed by atoms with van der Waals surface area (Å²) in [6, 6.07) is 4.82. The molecule has 1 aliphatic rings. The predicted molar refractivity (Wildman–Crippen MR) is 94.2 cm³/mol. The number of sulfonamides is 1. The molecule has 0 radical (unpaired) electrons. The van der Waals surface area contributed by atoms with E-state index < -0.39 is 21.9 Å². The number of rotatable bonds is 6. The van der Waals surface area contributed by atoms with Crippen molar-refractivity contribution in [2.24, 2.45) is 5.92 Å². The first-order chi connectivity index (χ1) is 12.4. The number of aromatic nitrogens is 2. The Morgan fingerprint density at radius 3 is 2.92 bits per heavy atom. The van der Waals surface area contributed by atoms with Crippen LogP contribution in [0.15, 0.2) is 23.1 Å². The lowest BCUT2D eigenvalue weighted by molar-refractivity contribution is -0.137. The monoisotopic (exact) mass is 398 g/mol. The van der Waals surface area contributed by atoms with Gasteiger partial charge in [0.05, 0.1) is 24.1 Å². The zero-order chi connectivity index (χ0) is 18.7. The average molecular weight is 398 g/mol. The van der Waals surface area contributed by atoms with Crippen molar-refractivity contribution in [3.8, 4) is 0 Å². The highest BCUT2D eigenvalue weighted by molar-refractivity contribution is 7.89. The second-order valence-corrected chi connectivity index (χ2v) is 8.46. The lowest BCUT2D eigenvalue weighted by atomic mass is 9.99. The Balaban J connectivity index is 1.75. The predicted octanol–water partition coefficient (Wildman–Crippen LogP) is 0.683. The van der Waals surface area contributed by atoms with Crippen molar-refractivity contribution < 1.29 is 23.1 Å². The van der Waals surface area contributed by atoms with Crippen LogP contribution >= 0.6 is 11.7 Å². The molecule has 26 heavy (non-hydrogen) atoms. The van der Waals surface area contributed by atoms with Crippen LogP contribution in [0, 0.1) is 5.92 Å². The first-order valence-electron chi connectivity index (χ1n) is 8.10. The molecule has 9 nitrogen and oxygen atoms in total. The standard InChI is InChI=1S/C15H18N4O5S2/c20-13(21)6-7-16-15(22)10-3-2-8-19(9-10)26(23,24)12-5-1-4-11-14(12)18-25-17-11/h1,4-5,10H,2-3,6-9H2,(H,16,22)(H,20,21)/t10-/m0/s1. The summed E-state index contributed by atoms with van der Waals surface area (Å²) in [7, 11) is -3.80. The van der Waals surface area contributed by atoms with Crippen molar-refractivity contribution in [3.05, 3.63) is 18.2 Å². The van der Waals surface area contributed by atoms with Gasteiger partial charge < -0.3 is 10.4 Å². The van der Waals surface area contributed by atoms with Crippen molar-refractivity contribution in [2.45, 2.75) is 24.2 Å². The molecule has 1 aromatic carbocycles. The highest BCUT2D eigenvalue weighted by atomic mass is 32.2. The average Bonchev–Trinajstić information content (AvgIpc) is 3.10. The number of hydrogen-bond acceptors (Lipinski definition) is 7. The summed E-state index contributed by atoms with van der Waals surface area (Å²) in [5.41, 5.74) is 0.863. The lowest BCUT2D eigenvalue weighted by Gasteiger charge is -2.31. The van der Waals surface area contributed by atoms with Gasteiger partial charge in [-0.2, -0.15) is 13.1 Å². The van der Waals surface area contributed by atoms with Crippen LogP contribution in [-0.4, -0.2) is 58.1 Å². The molecule has 11 heteroatoms. The molecule has 1 aromatic heterocycles. The van der Waals surface area contributed by atoms with Crippen LogP contribution in [0.3, 0.4) is 0 Å². The van der Waals surface area contributed by atoms with Crippen molar-refractivity contribution >= 4 is 44.7 Å². The third-order valence-electron chi connectivity index (χ3n) is 4.26. The second kappa shape index (κ2) is 7.64. The highest BCUT2D eigenvalue weighted by Gasteiger charge is 2.34. The Labute approximate surface area is 154 Å². The zero-order valence-electron chi connectivity index (χ0n) is 13.8. The molecule has 0 saturated carbocycles. The van der Waals surface area contributed by atoms with Gasteiger partial charge in [0, 0.05) is 19.6 Å². The Morgan fingerprint density at radius 1 is 1.35 bits per heavy atom. The third kappa shape index (κ3) is 3.84. The molecule has 1 aliphatic heterocycles. The number of nitrogens with zero attached hydrogens (tertiary/aromatic N) is 3. The number of carbonyl (C=O) groups is 2. The summed E-state index contributed by atoms with van der Waals surface area (Å²) in [6.07, 6.45) is 0.953. The topological polar surface area (TPSA) is 130 Å². The molecule has 1 atom stereocenters. The summed E-state index contributed by atoms with van der Waals surface area (Å²) in [5, 5.41) is 11.2. The molecule has 2 aromatic rings. The number of amides is 1. The molecule has 1 saturated heterocycles. The van der Waals surface area contributed by atoms with Gasteiger partial charge in [0.1, 0.15) is 15.9 Å². The number of hydrogen-bond donors (Lipinski definition) is 2. The van der Waals surface area contributed by atoms with Gasteiger partial charge in [0.15, 0.2) is 0 Å². The largest absolute Gasteiger partial charge is 0.481 e. The summed E-state index contributed by atoms with van der Waals surface area (Å²) in [5.74, 6) is -1.82. The number of fused-ring (bicyclic) bond motifs is 1. The molecule has 1 fully saturated rings. The minimum absolute atomic E-state index is 0.0290. The maximum absolute atomic E-state index is 13.0. The maximum atomic E-state index is 13.0. The highest BCUT2D eigenvalue weighted by Crippen LogP contribution is 2.28. The van der Waals surface area contributed by atoms with Gasteiger partial charge >= 0.3 is 5.97 Å². The molecule has 1 amide bonds. The van der Waals surface area contributed by atoms with E-state index in [-0.39, 0.29) is 30.3 Å². The number of carboxylic acid groups (broad SMARTS) is 1. The molecule has 0 spiro atoms. The first kappa shape index (κ1) is 18.7. The van der Waals surface area contributed by atoms with Gasteiger partial charge in [-0.25, -0.2) is 8.42 Å². The summed E-state index contributed by atoms with van der Waals surface area (Å²) >= 11 is 0.952. The van der Waals surface area contributed by atoms with Gasteiger partial charge in [-0.05, 0) is 25.0 Å². The van der Waals surface area contributed by atoms with E-state index in [1.54, 1.807) is 12.1 Å². The van der Waals surface area contributed by atoms with Crippen LogP contribution in [0.1, 0.15) is 19.3 Å². The molecule has 2 heterocycles. The lowest BCUT2D eigenvalue weighted by Crippen LogP contribution is -2.45. The summed E-state index contributed by atoms with van der Waals surface area (Å²) < 4.78 is 35.5. The third-order valence-corrected chi connectivity index (χ3v) is 6.70. The van der Waals surface area contributed by atoms with E-state index >= 15 is 0 Å². The summed E-state index contributed by atoms with van der Waals surface area (Å²) in [6.45, 7) is 0.422. The normalized spacial score (nSPS) is 18.7. The minimum Gasteiger partial charge on any atom is -0.481 e. The molecule has 0 aliphatic carbocycles. The first-order valence-corrected chi connectivity index (χ1v) is 10.3. The Bertz CT molecular complexity index is 927. The van der Waals surface area contributed by atoms with Crippen LogP contribution < -0.4 is 5.32 Å². The van der Waals surface area contributed by atoms with E-state index in [1.807, 2.05) is 0 Å². The molecule has 0 bridgehead atoms. The number of nitrogens with one attached hydrogen (secondary N) is 1. The van der Waals surface area contributed by atoms with Crippen molar-refractivity contribution in [2.75, 3.05) is 19.6 Å². The van der Waals surface area contributed by atoms with Gasteiger partial charge in [0.2, 0.25) is 15.9 Å². The van der Waals surface area contributed by atoms with Crippen LogP contribution in [0.2, 0.25) is 0 Å². The van der Waals surface area contributed by atoms with Crippen molar-refractivity contribution in [1.29, 1.82) is 0 Å². The van der Waals surface area contributed by atoms with Crippen molar-refractivity contribution in [3.63, 3.8) is 0 Å². The number of aliphatic carboxylic acids is 1. The number of benzene rings is 1. The Kier molecular flexibility index (Phi) is 5.49. The Hall–Kier alpha value is -2.11. The fourth-order valence-corrected chi connectivity index (χ4v) is 5.22. The maximum Gasteiger partial charge on any atom is 0.305 e. The van der Waals surface area contributed by atoms with Crippen LogP contribution in [0.25, 0.3) is 11.0 Å². The fraction of sp³-hybridized carbons (Fsp3) is 0.467. The van der Waals surface area contributed by atoms with Gasteiger partial charge in [-0.3, -0.25) is 9.59 Å². The molecule has 3 rings (SSSR count). The number of carbonyl (C=O) groups excluding carboxylic acids is 1. The number of carboxylic acids is 1. The van der Waals surface area contributed by atoms with E-state index in [9.17, 15) is 18.0 Å². The second-order valence-electron chi connectivity index (χ2n) is 6.03. The smallest absolute Gasteiger partial charge is 0.305 e. The van der Waals surface area contributed by atoms with E-state index in [0.717, 1.165) is 11.7 Å². The van der Waals surface area contributed by atoms with Crippen LogP contribution in [0.5, 0.6) is 0 Å². The van der Waals surface area contributed by atoms with Crippen molar-refractivity contribution in [1.82, 2.24) is 18.4 Å². The fourth-order valence-electron chi connectivity index (χ4n) is 2.94. The van der Waals surface area contributed by atoms with E-state index in [1.165, 1.54) is 10.4 Å². The molecular formula is C15H18N4O5S2. The quantitative estimate of drug-likeness (QED) is 0.732.